The maximum Gasteiger partial charge on any atom is 0.308 e. The van der Waals surface area contributed by atoms with Gasteiger partial charge in [0.25, 0.3) is 0 Å². The number of benzene rings is 1. The van der Waals surface area contributed by atoms with Gasteiger partial charge in [-0.2, -0.15) is 0 Å². The van der Waals surface area contributed by atoms with Gasteiger partial charge in [0, 0.05) is 0 Å². The Labute approximate surface area is 127 Å². The smallest absolute Gasteiger partial charge is 0.308 e. The van der Waals surface area contributed by atoms with Gasteiger partial charge in [-0.25, -0.2) is 4.39 Å². The fourth-order valence-electron chi connectivity index (χ4n) is 2.37. The average molecular weight is 292 g/mol. The summed E-state index contributed by atoms with van der Waals surface area (Å²) in [6, 6.07) is 5.15. The summed E-state index contributed by atoms with van der Waals surface area (Å²) in [5.74, 6) is -0.623. The number of hydrogen-bond donors (Lipinski definition) is 0. The quantitative estimate of drug-likeness (QED) is 0.377. The van der Waals surface area contributed by atoms with E-state index in [1.54, 1.807) is 13.0 Å². The van der Waals surface area contributed by atoms with Crippen LogP contribution in [0.15, 0.2) is 30.9 Å². The third-order valence-corrected chi connectivity index (χ3v) is 3.71. The molecule has 0 aromatic heterocycles. The minimum absolute atomic E-state index is 0.194. The Kier molecular flexibility index (Phi) is 7.73. The topological polar surface area (TPSA) is 26.3 Å². The normalized spacial score (nSPS) is 12.0. The number of carbonyl (C=O) groups is 1. The fourth-order valence-corrected chi connectivity index (χ4v) is 2.37. The molecule has 1 rings (SSSR count). The molecule has 3 heteroatoms. The summed E-state index contributed by atoms with van der Waals surface area (Å²) in [5, 5.41) is 0. The Morgan fingerprint density at radius 3 is 2.76 bits per heavy atom. The van der Waals surface area contributed by atoms with Crippen LogP contribution < -0.4 is 0 Å². The Hall–Kier alpha value is -1.64. The highest BCUT2D eigenvalue weighted by molar-refractivity contribution is 5.72. The first-order valence-electron chi connectivity index (χ1n) is 7.52. The molecular weight excluding hydrogens is 267 g/mol. The zero-order valence-corrected chi connectivity index (χ0v) is 13.0. The highest BCUT2D eigenvalue weighted by atomic mass is 19.1. The number of hydrogen-bond acceptors (Lipinski definition) is 2. The van der Waals surface area contributed by atoms with Crippen molar-refractivity contribution in [1.29, 1.82) is 0 Å². The predicted molar refractivity (Wildman–Crippen MR) is 83.6 cm³/mol. The minimum Gasteiger partial charge on any atom is -0.469 e. The number of esters is 1. The number of aryl methyl sites for hydroxylation is 1. The molecule has 0 heterocycles. The van der Waals surface area contributed by atoms with E-state index in [0.29, 0.717) is 12.0 Å². The molecule has 0 unspecified atom stereocenters. The molecule has 0 aliphatic carbocycles. The average Bonchev–Trinajstić information content (AvgIpc) is 2.48. The van der Waals surface area contributed by atoms with Crippen molar-refractivity contribution in [3.63, 3.8) is 0 Å². The van der Waals surface area contributed by atoms with Gasteiger partial charge in [-0.15, -0.1) is 6.58 Å². The standard InChI is InChI=1S/C18H25FO2/c1-4-5-6-7-8-9-16(18(20)21-3)12-15-11-10-14(2)17(19)13-15/h4,10-11,13,16H,1,5-9,12H2,2-3H3/t16-/m1/s1. The van der Waals surface area contributed by atoms with Crippen molar-refractivity contribution in [3.05, 3.63) is 47.8 Å². The summed E-state index contributed by atoms with van der Waals surface area (Å²) < 4.78 is 18.4. The molecule has 0 fully saturated rings. The van der Waals surface area contributed by atoms with Crippen molar-refractivity contribution in [2.24, 2.45) is 5.92 Å². The Balaban J connectivity index is 2.58. The van der Waals surface area contributed by atoms with Gasteiger partial charge in [0.2, 0.25) is 0 Å². The zero-order chi connectivity index (χ0) is 15.7. The van der Waals surface area contributed by atoms with E-state index in [1.165, 1.54) is 13.2 Å². The molecule has 0 aliphatic heterocycles. The number of ether oxygens (including phenoxy) is 1. The molecule has 0 bridgehead atoms. The molecule has 0 saturated heterocycles. The van der Waals surface area contributed by atoms with Gasteiger partial charge in [-0.1, -0.05) is 31.1 Å². The van der Waals surface area contributed by atoms with E-state index in [9.17, 15) is 9.18 Å². The van der Waals surface area contributed by atoms with Crippen LogP contribution in [0.25, 0.3) is 0 Å². The number of methoxy groups -OCH3 is 1. The summed E-state index contributed by atoms with van der Waals surface area (Å²) in [6.07, 6.45) is 7.36. The lowest BCUT2D eigenvalue weighted by Gasteiger charge is -2.15. The van der Waals surface area contributed by atoms with Gasteiger partial charge >= 0.3 is 5.97 Å². The number of carbonyl (C=O) groups excluding carboxylic acids is 1. The first-order chi connectivity index (χ1) is 10.1. The van der Waals surface area contributed by atoms with E-state index in [2.05, 4.69) is 6.58 Å². The number of halogens is 1. The second-order valence-corrected chi connectivity index (χ2v) is 5.43. The molecule has 1 aromatic rings. The van der Waals surface area contributed by atoms with E-state index in [1.807, 2.05) is 12.1 Å². The third kappa shape index (κ3) is 6.11. The van der Waals surface area contributed by atoms with E-state index in [-0.39, 0.29) is 17.7 Å². The summed E-state index contributed by atoms with van der Waals surface area (Å²) >= 11 is 0. The molecule has 0 aliphatic rings. The molecule has 2 nitrogen and oxygen atoms in total. The Morgan fingerprint density at radius 2 is 2.14 bits per heavy atom. The second-order valence-electron chi connectivity index (χ2n) is 5.43. The fraction of sp³-hybridized carbons (Fsp3) is 0.500. The molecule has 0 saturated carbocycles. The van der Waals surface area contributed by atoms with Gasteiger partial charge in [-0.3, -0.25) is 4.79 Å². The molecule has 116 valence electrons. The summed E-state index contributed by atoms with van der Waals surface area (Å²) in [6.45, 7) is 5.43. The summed E-state index contributed by atoms with van der Waals surface area (Å²) in [4.78, 5) is 11.9. The van der Waals surface area contributed by atoms with E-state index in [4.69, 9.17) is 4.74 Å². The SMILES string of the molecule is C=CCCCCC[C@H](Cc1ccc(C)c(F)c1)C(=O)OC. The van der Waals surface area contributed by atoms with Crippen LogP contribution in [0.5, 0.6) is 0 Å². The minimum atomic E-state index is -0.220. The van der Waals surface area contributed by atoms with Crippen LogP contribution in [0.3, 0.4) is 0 Å². The molecule has 0 radical (unpaired) electrons. The van der Waals surface area contributed by atoms with E-state index in [0.717, 1.165) is 37.7 Å². The first kappa shape index (κ1) is 17.4. The molecule has 1 aromatic carbocycles. The van der Waals surface area contributed by atoms with Gasteiger partial charge < -0.3 is 4.74 Å². The van der Waals surface area contributed by atoms with Crippen molar-refractivity contribution in [1.82, 2.24) is 0 Å². The maximum absolute atomic E-state index is 13.6. The summed E-state index contributed by atoms with van der Waals surface area (Å²) in [7, 11) is 1.41. The van der Waals surface area contributed by atoms with Crippen LogP contribution in [0.1, 0.15) is 43.2 Å². The van der Waals surface area contributed by atoms with Crippen molar-refractivity contribution >= 4 is 5.97 Å². The molecule has 1 atom stereocenters. The van der Waals surface area contributed by atoms with Gasteiger partial charge in [0.15, 0.2) is 0 Å². The zero-order valence-electron chi connectivity index (χ0n) is 13.0. The third-order valence-electron chi connectivity index (χ3n) is 3.71. The van der Waals surface area contributed by atoms with Crippen LogP contribution in [-0.4, -0.2) is 13.1 Å². The van der Waals surface area contributed by atoms with Crippen LogP contribution in [0.2, 0.25) is 0 Å². The second kappa shape index (κ2) is 9.32. The first-order valence-corrected chi connectivity index (χ1v) is 7.52. The van der Waals surface area contributed by atoms with Gasteiger partial charge in [0.1, 0.15) is 5.82 Å². The van der Waals surface area contributed by atoms with Crippen LogP contribution >= 0.6 is 0 Å². The van der Waals surface area contributed by atoms with Crippen molar-refractivity contribution in [2.45, 2.75) is 45.4 Å². The largest absolute Gasteiger partial charge is 0.469 e. The van der Waals surface area contributed by atoms with E-state index >= 15 is 0 Å². The lowest BCUT2D eigenvalue weighted by atomic mass is 9.93. The predicted octanol–water partition coefficient (Wildman–Crippen LogP) is 4.60. The Bertz CT molecular complexity index is 468. The van der Waals surface area contributed by atoms with Gasteiger partial charge in [-0.05, 0) is 49.8 Å². The van der Waals surface area contributed by atoms with Crippen LogP contribution in [0.4, 0.5) is 4.39 Å². The highest BCUT2D eigenvalue weighted by Gasteiger charge is 2.19. The molecular formula is C18H25FO2. The van der Waals surface area contributed by atoms with Crippen molar-refractivity contribution in [2.75, 3.05) is 7.11 Å². The molecule has 21 heavy (non-hydrogen) atoms. The van der Waals surface area contributed by atoms with E-state index < -0.39 is 0 Å². The molecule has 0 spiro atoms. The molecule has 0 N–H and O–H groups in total. The Morgan fingerprint density at radius 1 is 1.38 bits per heavy atom. The lowest BCUT2D eigenvalue weighted by molar-refractivity contribution is -0.145. The highest BCUT2D eigenvalue weighted by Crippen LogP contribution is 2.19. The maximum atomic E-state index is 13.6. The number of rotatable bonds is 9. The number of unbranched alkanes of at least 4 members (excludes halogenated alkanes) is 3. The van der Waals surface area contributed by atoms with Crippen LogP contribution in [0, 0.1) is 18.7 Å². The lowest BCUT2D eigenvalue weighted by Crippen LogP contribution is -2.19. The number of allylic oxidation sites excluding steroid dienone is 1. The van der Waals surface area contributed by atoms with Crippen LogP contribution in [-0.2, 0) is 16.0 Å². The van der Waals surface area contributed by atoms with Crippen molar-refractivity contribution in [3.8, 4) is 0 Å². The van der Waals surface area contributed by atoms with Gasteiger partial charge in [0.05, 0.1) is 13.0 Å². The molecule has 0 amide bonds. The van der Waals surface area contributed by atoms with Crippen molar-refractivity contribution < 1.29 is 13.9 Å². The summed E-state index contributed by atoms with van der Waals surface area (Å²) in [5.41, 5.74) is 1.47. The monoisotopic (exact) mass is 292 g/mol.